The Morgan fingerprint density at radius 1 is 1.19 bits per heavy atom. The van der Waals surface area contributed by atoms with Crippen LogP contribution in [0.5, 0.6) is 0 Å². The van der Waals surface area contributed by atoms with Crippen LogP contribution >= 0.6 is 11.8 Å². The number of carboxylic acids is 1. The second-order valence-electron chi connectivity index (χ2n) is 4.76. The van der Waals surface area contributed by atoms with Crippen LogP contribution in [-0.2, 0) is 14.8 Å². The number of carbonyl (C=O) groups is 1. The van der Waals surface area contributed by atoms with Crippen LogP contribution < -0.4 is 0 Å². The van der Waals surface area contributed by atoms with Gasteiger partial charge in [-0.3, -0.25) is 4.79 Å². The highest BCUT2D eigenvalue weighted by molar-refractivity contribution is 8.00. The lowest BCUT2D eigenvalue weighted by atomic mass is 10.1. The fourth-order valence-corrected chi connectivity index (χ4v) is 5.49. The van der Waals surface area contributed by atoms with E-state index in [-0.39, 0.29) is 16.5 Å². The summed E-state index contributed by atoms with van der Waals surface area (Å²) in [5.41, 5.74) is 0. The van der Waals surface area contributed by atoms with E-state index in [9.17, 15) is 13.2 Å². The zero-order valence-electron chi connectivity index (χ0n) is 11.0. The minimum Gasteiger partial charge on any atom is -0.480 e. The predicted molar refractivity (Wildman–Crippen MR) is 81.7 cm³/mol. The molecule has 21 heavy (non-hydrogen) atoms. The Morgan fingerprint density at radius 2 is 1.90 bits per heavy atom. The molecule has 0 amide bonds. The highest BCUT2D eigenvalue weighted by atomic mass is 32.2. The molecule has 0 bridgehead atoms. The fourth-order valence-electron chi connectivity index (χ4n) is 2.32. The van der Waals surface area contributed by atoms with Gasteiger partial charge >= 0.3 is 5.97 Å². The molecule has 1 fully saturated rings. The van der Waals surface area contributed by atoms with Crippen molar-refractivity contribution in [2.45, 2.75) is 10.9 Å². The van der Waals surface area contributed by atoms with Crippen LogP contribution in [0.15, 0.2) is 47.4 Å². The summed E-state index contributed by atoms with van der Waals surface area (Å²) in [6.45, 7) is 0. The molecule has 2 aromatic carbocycles. The van der Waals surface area contributed by atoms with Crippen molar-refractivity contribution in [1.82, 2.24) is 4.31 Å². The third kappa shape index (κ3) is 2.52. The zero-order valence-corrected chi connectivity index (χ0v) is 12.6. The van der Waals surface area contributed by atoms with E-state index in [1.165, 1.54) is 17.8 Å². The lowest BCUT2D eigenvalue weighted by molar-refractivity contribution is -0.140. The molecule has 1 saturated heterocycles. The molecule has 1 atom stereocenters. The van der Waals surface area contributed by atoms with Crippen molar-refractivity contribution in [2.24, 2.45) is 0 Å². The van der Waals surface area contributed by atoms with E-state index >= 15 is 0 Å². The third-order valence-electron chi connectivity index (χ3n) is 3.45. The summed E-state index contributed by atoms with van der Waals surface area (Å²) >= 11 is 1.31. The summed E-state index contributed by atoms with van der Waals surface area (Å²) in [5, 5.41) is 10.9. The van der Waals surface area contributed by atoms with E-state index in [0.29, 0.717) is 0 Å². The minimum absolute atomic E-state index is 0.134. The largest absolute Gasteiger partial charge is 0.480 e. The number of benzene rings is 2. The van der Waals surface area contributed by atoms with Crippen molar-refractivity contribution in [3.8, 4) is 0 Å². The fraction of sp³-hybridized carbons (Fsp3) is 0.214. The van der Waals surface area contributed by atoms with Crippen LogP contribution in [0.25, 0.3) is 10.8 Å². The lowest BCUT2D eigenvalue weighted by Gasteiger charge is -2.20. The van der Waals surface area contributed by atoms with E-state index in [2.05, 4.69) is 0 Å². The quantitative estimate of drug-likeness (QED) is 0.935. The Bertz CT molecular complexity index is 803. The summed E-state index contributed by atoms with van der Waals surface area (Å²) in [4.78, 5) is 11.3. The van der Waals surface area contributed by atoms with Gasteiger partial charge in [-0.05, 0) is 22.9 Å². The third-order valence-corrected chi connectivity index (χ3v) is 6.48. The van der Waals surface area contributed by atoms with E-state index in [4.69, 9.17) is 5.11 Å². The van der Waals surface area contributed by atoms with Crippen molar-refractivity contribution in [3.05, 3.63) is 42.5 Å². The maximum atomic E-state index is 12.6. The summed E-state index contributed by atoms with van der Waals surface area (Å²) in [5.74, 6) is -0.654. The zero-order chi connectivity index (χ0) is 15.0. The van der Waals surface area contributed by atoms with Gasteiger partial charge in [0.15, 0.2) is 0 Å². The average molecular weight is 323 g/mol. The van der Waals surface area contributed by atoms with Gasteiger partial charge in [-0.15, -0.1) is 11.8 Å². The Kier molecular flexibility index (Phi) is 3.64. The summed E-state index contributed by atoms with van der Waals surface area (Å²) < 4.78 is 26.3. The predicted octanol–water partition coefficient (Wildman–Crippen LogP) is 1.99. The molecular formula is C14H13NO4S2. The maximum Gasteiger partial charge on any atom is 0.322 e. The Labute approximate surface area is 126 Å². The number of carboxylic acid groups (broad SMARTS) is 1. The summed E-state index contributed by atoms with van der Waals surface area (Å²) in [7, 11) is -3.79. The van der Waals surface area contributed by atoms with Crippen LogP contribution in [0.1, 0.15) is 0 Å². The average Bonchev–Trinajstić information content (AvgIpc) is 2.97. The molecule has 7 heteroatoms. The van der Waals surface area contributed by atoms with Gasteiger partial charge in [-0.1, -0.05) is 30.3 Å². The Morgan fingerprint density at radius 3 is 2.62 bits per heavy atom. The molecule has 0 aliphatic carbocycles. The van der Waals surface area contributed by atoms with E-state index in [1.54, 1.807) is 12.1 Å². The number of sulfonamides is 1. The normalized spacial score (nSPS) is 19.9. The number of hydrogen-bond acceptors (Lipinski definition) is 4. The van der Waals surface area contributed by atoms with Crippen molar-refractivity contribution in [1.29, 1.82) is 0 Å². The summed E-state index contributed by atoms with van der Waals surface area (Å²) in [6.07, 6.45) is 0. The van der Waals surface area contributed by atoms with Gasteiger partial charge in [0, 0.05) is 5.75 Å². The second kappa shape index (κ2) is 5.32. The van der Waals surface area contributed by atoms with E-state index < -0.39 is 22.0 Å². The summed E-state index contributed by atoms with van der Waals surface area (Å²) in [6, 6.07) is 11.3. The van der Waals surface area contributed by atoms with Gasteiger partial charge in [0.05, 0.1) is 10.8 Å². The van der Waals surface area contributed by atoms with Crippen LogP contribution in [-0.4, -0.2) is 41.5 Å². The number of nitrogens with zero attached hydrogens (tertiary/aromatic N) is 1. The molecule has 3 rings (SSSR count). The van der Waals surface area contributed by atoms with Gasteiger partial charge in [0.25, 0.3) is 0 Å². The number of thioether (sulfide) groups is 1. The molecule has 1 N–H and O–H groups in total. The van der Waals surface area contributed by atoms with Crippen molar-refractivity contribution in [2.75, 3.05) is 11.6 Å². The first-order chi connectivity index (χ1) is 10.00. The number of fused-ring (bicyclic) bond motifs is 1. The number of aliphatic carboxylic acids is 1. The van der Waals surface area contributed by atoms with E-state index in [0.717, 1.165) is 15.1 Å². The van der Waals surface area contributed by atoms with Gasteiger partial charge < -0.3 is 5.11 Å². The first-order valence-electron chi connectivity index (χ1n) is 6.31. The maximum absolute atomic E-state index is 12.6. The molecule has 110 valence electrons. The van der Waals surface area contributed by atoms with Crippen molar-refractivity contribution >= 4 is 38.5 Å². The van der Waals surface area contributed by atoms with Crippen LogP contribution in [0.2, 0.25) is 0 Å². The molecule has 0 aromatic heterocycles. The first-order valence-corrected chi connectivity index (χ1v) is 8.91. The topological polar surface area (TPSA) is 74.7 Å². The van der Waals surface area contributed by atoms with E-state index in [1.807, 2.05) is 24.3 Å². The molecule has 0 radical (unpaired) electrons. The van der Waals surface area contributed by atoms with Crippen molar-refractivity contribution in [3.63, 3.8) is 0 Å². The van der Waals surface area contributed by atoms with Gasteiger partial charge in [-0.25, -0.2) is 8.42 Å². The first kappa shape index (κ1) is 14.4. The molecular weight excluding hydrogens is 310 g/mol. The molecule has 1 aliphatic heterocycles. The molecule has 1 heterocycles. The minimum atomic E-state index is -3.79. The monoisotopic (exact) mass is 323 g/mol. The van der Waals surface area contributed by atoms with Crippen LogP contribution in [0.3, 0.4) is 0 Å². The SMILES string of the molecule is O=C(O)[C@@H]1CSCN1S(=O)(=O)c1ccc2ccccc2c1. The molecule has 1 aliphatic rings. The highest BCUT2D eigenvalue weighted by Crippen LogP contribution is 2.29. The Balaban J connectivity index is 2.05. The van der Waals surface area contributed by atoms with Gasteiger partial charge in [-0.2, -0.15) is 4.31 Å². The highest BCUT2D eigenvalue weighted by Gasteiger charge is 2.40. The van der Waals surface area contributed by atoms with Crippen LogP contribution in [0, 0.1) is 0 Å². The smallest absolute Gasteiger partial charge is 0.322 e. The van der Waals surface area contributed by atoms with Crippen LogP contribution in [0.4, 0.5) is 0 Å². The van der Waals surface area contributed by atoms with Crippen molar-refractivity contribution < 1.29 is 18.3 Å². The molecule has 0 spiro atoms. The molecule has 0 unspecified atom stereocenters. The standard InChI is InChI=1S/C14H13NO4S2/c16-14(17)13-8-20-9-15(13)21(18,19)12-6-5-10-3-1-2-4-11(10)7-12/h1-7,13H,8-9H2,(H,16,17)/t13-/m0/s1. The molecule has 0 saturated carbocycles. The molecule has 5 nitrogen and oxygen atoms in total. The lowest BCUT2D eigenvalue weighted by Crippen LogP contribution is -2.41. The number of hydrogen-bond donors (Lipinski definition) is 1. The number of rotatable bonds is 3. The molecule has 2 aromatic rings. The Hall–Kier alpha value is -1.57. The van der Waals surface area contributed by atoms with Gasteiger partial charge in [0.2, 0.25) is 10.0 Å². The van der Waals surface area contributed by atoms with Gasteiger partial charge in [0.1, 0.15) is 6.04 Å². The second-order valence-corrected chi connectivity index (χ2v) is 7.65.